The van der Waals surface area contributed by atoms with Gasteiger partial charge in [-0.3, -0.25) is 4.79 Å². The number of benzene rings is 2. The number of fused-ring (bicyclic) bond motifs is 1. The van der Waals surface area contributed by atoms with Gasteiger partial charge in [-0.2, -0.15) is 9.97 Å². The second kappa shape index (κ2) is 12.8. The lowest BCUT2D eigenvalue weighted by Gasteiger charge is -2.28. The Morgan fingerprint density at radius 3 is 2.61 bits per heavy atom. The van der Waals surface area contributed by atoms with Gasteiger partial charge >= 0.3 is 0 Å². The Kier molecular flexibility index (Phi) is 8.52. The van der Waals surface area contributed by atoms with Crippen molar-refractivity contribution in [3.8, 4) is 5.82 Å². The largest absolute Gasteiger partial charge is 0.358 e. The van der Waals surface area contributed by atoms with E-state index in [0.29, 0.717) is 29.3 Å². The Morgan fingerprint density at radius 1 is 0.951 bits per heavy atom. The van der Waals surface area contributed by atoms with Gasteiger partial charge in [0.25, 0.3) is 0 Å². The Bertz CT molecular complexity index is 1470. The number of anilines is 2. The normalized spacial score (nSPS) is 17.5. The van der Waals surface area contributed by atoms with Gasteiger partial charge in [0.15, 0.2) is 0 Å². The molecule has 3 N–H and O–H groups in total. The van der Waals surface area contributed by atoms with Crippen molar-refractivity contribution in [3.63, 3.8) is 0 Å². The number of halogens is 1. The van der Waals surface area contributed by atoms with E-state index in [4.69, 9.17) is 21.6 Å². The average Bonchev–Trinajstić information content (AvgIpc) is 3.67. The molecule has 7 nitrogen and oxygen atoms in total. The number of carbonyl (C=O) groups is 1. The SMILES string of the molecule is O=C(NC1CCc2ccccc21)C(CC1CCCCC1)Nc1cc(-n2cccc2)nc(NCc2cccc(Cl)c2)n1. The van der Waals surface area contributed by atoms with E-state index < -0.39 is 0 Å². The molecule has 2 heterocycles. The zero-order valence-electron chi connectivity index (χ0n) is 23.2. The summed E-state index contributed by atoms with van der Waals surface area (Å²) in [5.41, 5.74) is 3.60. The van der Waals surface area contributed by atoms with Gasteiger partial charge in [-0.15, -0.1) is 0 Å². The van der Waals surface area contributed by atoms with Crippen LogP contribution in [0.3, 0.4) is 0 Å². The van der Waals surface area contributed by atoms with Gasteiger partial charge < -0.3 is 20.5 Å². The molecule has 212 valence electrons. The van der Waals surface area contributed by atoms with Crippen LogP contribution in [0.1, 0.15) is 67.7 Å². The van der Waals surface area contributed by atoms with Crippen LogP contribution in [0.25, 0.3) is 5.82 Å². The number of hydrogen-bond acceptors (Lipinski definition) is 5. The smallest absolute Gasteiger partial charge is 0.243 e. The number of amides is 1. The maximum absolute atomic E-state index is 13.9. The van der Waals surface area contributed by atoms with Crippen molar-refractivity contribution in [2.24, 2.45) is 5.92 Å². The van der Waals surface area contributed by atoms with Gasteiger partial charge in [-0.05, 0) is 66.1 Å². The van der Waals surface area contributed by atoms with Crippen molar-refractivity contribution in [2.75, 3.05) is 10.6 Å². The third kappa shape index (κ3) is 6.91. The molecule has 2 aromatic heterocycles. The maximum Gasteiger partial charge on any atom is 0.243 e. The van der Waals surface area contributed by atoms with Gasteiger partial charge in [0.05, 0.1) is 6.04 Å². The Morgan fingerprint density at radius 2 is 1.78 bits per heavy atom. The average molecular weight is 569 g/mol. The van der Waals surface area contributed by atoms with Crippen LogP contribution in [-0.4, -0.2) is 26.5 Å². The van der Waals surface area contributed by atoms with Gasteiger partial charge in [0, 0.05) is 30.0 Å². The van der Waals surface area contributed by atoms with Gasteiger partial charge in [-0.25, -0.2) is 0 Å². The number of hydrogen-bond donors (Lipinski definition) is 3. The number of rotatable bonds is 10. The summed E-state index contributed by atoms with van der Waals surface area (Å²) >= 11 is 6.19. The van der Waals surface area contributed by atoms with E-state index in [1.807, 2.05) is 59.4 Å². The lowest BCUT2D eigenvalue weighted by molar-refractivity contribution is -0.123. The molecule has 2 unspecified atom stereocenters. The summed E-state index contributed by atoms with van der Waals surface area (Å²) in [5, 5.41) is 11.0. The molecule has 0 radical (unpaired) electrons. The number of nitrogens with zero attached hydrogens (tertiary/aromatic N) is 3. The van der Waals surface area contributed by atoms with Crippen molar-refractivity contribution in [1.82, 2.24) is 19.9 Å². The highest BCUT2D eigenvalue weighted by Gasteiger charge is 2.29. The zero-order valence-corrected chi connectivity index (χ0v) is 24.0. The summed E-state index contributed by atoms with van der Waals surface area (Å²) in [7, 11) is 0. The van der Waals surface area contributed by atoms with E-state index in [0.717, 1.165) is 30.6 Å². The molecule has 1 fully saturated rings. The Labute approximate surface area is 246 Å². The predicted molar refractivity (Wildman–Crippen MR) is 164 cm³/mol. The van der Waals surface area contributed by atoms with Crippen LogP contribution >= 0.6 is 11.6 Å². The third-order valence-corrected chi connectivity index (χ3v) is 8.54. The topological polar surface area (TPSA) is 83.9 Å². The highest BCUT2D eigenvalue weighted by Crippen LogP contribution is 2.32. The van der Waals surface area contributed by atoms with Crippen LogP contribution in [0.4, 0.5) is 11.8 Å². The maximum atomic E-state index is 13.9. The molecule has 0 bridgehead atoms. The summed E-state index contributed by atoms with van der Waals surface area (Å²) in [5.74, 6) is 2.39. The number of aromatic nitrogens is 3. The van der Waals surface area contributed by atoms with E-state index >= 15 is 0 Å². The summed E-state index contributed by atoms with van der Waals surface area (Å²) in [6.07, 6.45) is 12.7. The Balaban J connectivity index is 1.25. The molecule has 4 aromatic rings. The summed E-state index contributed by atoms with van der Waals surface area (Å²) < 4.78 is 1.95. The first-order valence-electron chi connectivity index (χ1n) is 14.8. The van der Waals surface area contributed by atoms with E-state index in [-0.39, 0.29) is 18.0 Å². The second-order valence-electron chi connectivity index (χ2n) is 11.2. The fourth-order valence-corrected chi connectivity index (χ4v) is 6.39. The highest BCUT2D eigenvalue weighted by molar-refractivity contribution is 6.30. The molecule has 2 aromatic carbocycles. The van der Waals surface area contributed by atoms with Crippen LogP contribution in [0.2, 0.25) is 5.02 Å². The fraction of sp³-hybridized carbons (Fsp3) is 0.364. The number of aryl methyl sites for hydroxylation is 1. The molecule has 2 aliphatic rings. The van der Waals surface area contributed by atoms with Gasteiger partial charge in [0.2, 0.25) is 11.9 Å². The molecule has 0 aliphatic heterocycles. The standard InChI is InChI=1S/C33H37ClN6O/c34-26-13-8-11-24(19-26)22-35-33-38-30(21-31(39-33)40-17-6-7-18-40)36-29(20-23-9-2-1-3-10-23)32(41)37-28-16-15-25-12-4-5-14-27(25)28/h4-8,11-14,17-19,21,23,28-29H,1-3,9-10,15-16,20,22H2,(H,37,41)(H2,35,36,38,39). The Hall–Kier alpha value is -3.84. The molecule has 0 saturated heterocycles. The molecule has 8 heteroatoms. The fourth-order valence-electron chi connectivity index (χ4n) is 6.18. The molecule has 2 atom stereocenters. The molecule has 6 rings (SSSR count). The molecular weight excluding hydrogens is 532 g/mol. The minimum atomic E-state index is -0.390. The van der Waals surface area contributed by atoms with E-state index in [1.165, 1.54) is 43.2 Å². The summed E-state index contributed by atoms with van der Waals surface area (Å²) in [4.78, 5) is 23.4. The van der Waals surface area contributed by atoms with Crippen molar-refractivity contribution >= 4 is 29.3 Å². The quantitative estimate of drug-likeness (QED) is 0.190. The first-order valence-corrected chi connectivity index (χ1v) is 15.1. The monoisotopic (exact) mass is 568 g/mol. The van der Waals surface area contributed by atoms with E-state index in [1.54, 1.807) is 0 Å². The van der Waals surface area contributed by atoms with E-state index in [2.05, 4.69) is 40.2 Å². The zero-order chi connectivity index (χ0) is 28.0. The molecule has 1 amide bonds. The molecule has 1 saturated carbocycles. The lowest BCUT2D eigenvalue weighted by Crippen LogP contribution is -2.42. The van der Waals surface area contributed by atoms with Crippen molar-refractivity contribution in [3.05, 3.63) is 101 Å². The van der Waals surface area contributed by atoms with Crippen molar-refractivity contribution in [2.45, 2.75) is 70.0 Å². The minimum absolute atomic E-state index is 0.0341. The number of nitrogens with one attached hydrogen (secondary N) is 3. The second-order valence-corrected chi connectivity index (χ2v) is 11.7. The van der Waals surface area contributed by atoms with Gasteiger partial charge in [0.1, 0.15) is 17.7 Å². The first-order chi connectivity index (χ1) is 20.1. The van der Waals surface area contributed by atoms with Crippen LogP contribution in [-0.2, 0) is 17.8 Å². The van der Waals surface area contributed by atoms with Gasteiger partial charge in [-0.1, -0.05) is 80.1 Å². The number of carbonyl (C=O) groups excluding carboxylic acids is 1. The molecular formula is C33H37ClN6O. The third-order valence-electron chi connectivity index (χ3n) is 8.30. The minimum Gasteiger partial charge on any atom is -0.358 e. The van der Waals surface area contributed by atoms with Crippen LogP contribution in [0.15, 0.2) is 79.1 Å². The van der Waals surface area contributed by atoms with Crippen molar-refractivity contribution < 1.29 is 4.79 Å². The highest BCUT2D eigenvalue weighted by atomic mass is 35.5. The van der Waals surface area contributed by atoms with Crippen molar-refractivity contribution in [1.29, 1.82) is 0 Å². The van der Waals surface area contributed by atoms with Crippen LogP contribution in [0.5, 0.6) is 0 Å². The van der Waals surface area contributed by atoms with E-state index in [9.17, 15) is 4.79 Å². The molecule has 0 spiro atoms. The summed E-state index contributed by atoms with van der Waals surface area (Å²) in [6.45, 7) is 0.530. The molecule has 2 aliphatic carbocycles. The van der Waals surface area contributed by atoms with Crippen LogP contribution in [0, 0.1) is 5.92 Å². The summed E-state index contributed by atoms with van der Waals surface area (Å²) in [6, 6.07) is 21.7. The lowest BCUT2D eigenvalue weighted by atomic mass is 9.84. The predicted octanol–water partition coefficient (Wildman–Crippen LogP) is 7.09. The first kappa shape index (κ1) is 27.3. The molecule has 41 heavy (non-hydrogen) atoms. The van der Waals surface area contributed by atoms with Crippen LogP contribution < -0.4 is 16.0 Å².